The second-order valence-electron chi connectivity index (χ2n) is 7.02. The van der Waals surface area contributed by atoms with Gasteiger partial charge in [0.15, 0.2) is 0 Å². The van der Waals surface area contributed by atoms with Gasteiger partial charge in [0.2, 0.25) is 0 Å². The van der Waals surface area contributed by atoms with Gasteiger partial charge in [0.1, 0.15) is 23.2 Å². The maximum atomic E-state index is 13.9. The van der Waals surface area contributed by atoms with Crippen molar-refractivity contribution >= 4 is 0 Å². The highest BCUT2D eigenvalue weighted by molar-refractivity contribution is 5.40. The van der Waals surface area contributed by atoms with E-state index in [2.05, 4.69) is 4.90 Å². The number of ether oxygens (including phenoxy) is 2. The second kappa shape index (κ2) is 6.93. The molecule has 0 spiro atoms. The predicted molar refractivity (Wildman–Crippen MR) is 90.3 cm³/mol. The molecule has 3 nitrogen and oxygen atoms in total. The van der Waals surface area contributed by atoms with E-state index >= 15 is 0 Å². The number of rotatable bonds is 4. The molecule has 138 valence electrons. The van der Waals surface area contributed by atoms with E-state index < -0.39 is 11.6 Å². The molecule has 1 fully saturated rings. The number of benzene rings is 2. The highest BCUT2D eigenvalue weighted by atomic mass is 19.1. The fraction of sp³-hybridized carbons (Fsp3) is 0.400. The maximum absolute atomic E-state index is 13.9. The lowest BCUT2D eigenvalue weighted by atomic mass is 9.85. The van der Waals surface area contributed by atoms with Crippen LogP contribution >= 0.6 is 0 Å². The van der Waals surface area contributed by atoms with E-state index in [1.54, 1.807) is 13.2 Å². The zero-order valence-electron chi connectivity index (χ0n) is 14.4. The highest BCUT2D eigenvalue weighted by Gasteiger charge is 2.46. The van der Waals surface area contributed by atoms with Gasteiger partial charge < -0.3 is 9.47 Å². The SMILES string of the molecule is COC[C@@H]1CN(Cc2cc(F)cc(F)c2)[C@H]2c3cc(F)ccc3OC[C@@H]12. The molecule has 2 aliphatic rings. The van der Waals surface area contributed by atoms with Crippen molar-refractivity contribution in [3.05, 3.63) is 65.0 Å². The Labute approximate surface area is 150 Å². The van der Waals surface area contributed by atoms with Crippen LogP contribution < -0.4 is 4.74 Å². The van der Waals surface area contributed by atoms with Gasteiger partial charge in [-0.25, -0.2) is 13.2 Å². The van der Waals surface area contributed by atoms with Crippen molar-refractivity contribution in [3.8, 4) is 5.75 Å². The van der Waals surface area contributed by atoms with Crippen molar-refractivity contribution in [2.45, 2.75) is 12.6 Å². The van der Waals surface area contributed by atoms with Crippen LogP contribution in [0.25, 0.3) is 0 Å². The zero-order valence-corrected chi connectivity index (χ0v) is 14.4. The van der Waals surface area contributed by atoms with Crippen LogP contribution in [0.5, 0.6) is 5.75 Å². The largest absolute Gasteiger partial charge is 0.493 e. The number of methoxy groups -OCH3 is 1. The number of hydrogen-bond donors (Lipinski definition) is 0. The van der Waals surface area contributed by atoms with Gasteiger partial charge in [-0.05, 0) is 35.9 Å². The fourth-order valence-electron chi connectivity index (χ4n) is 4.29. The van der Waals surface area contributed by atoms with E-state index in [1.165, 1.54) is 24.3 Å². The van der Waals surface area contributed by atoms with Crippen LogP contribution in [0.3, 0.4) is 0 Å². The number of hydrogen-bond acceptors (Lipinski definition) is 3. The van der Waals surface area contributed by atoms with Gasteiger partial charge in [-0.15, -0.1) is 0 Å². The van der Waals surface area contributed by atoms with Crippen LogP contribution in [0.1, 0.15) is 17.2 Å². The summed E-state index contributed by atoms with van der Waals surface area (Å²) < 4.78 is 52.2. The van der Waals surface area contributed by atoms with Gasteiger partial charge in [-0.2, -0.15) is 0 Å². The third kappa shape index (κ3) is 3.19. The van der Waals surface area contributed by atoms with Crippen LogP contribution in [-0.2, 0) is 11.3 Å². The molecule has 6 heteroatoms. The van der Waals surface area contributed by atoms with Crippen molar-refractivity contribution in [2.75, 3.05) is 26.9 Å². The molecule has 2 heterocycles. The monoisotopic (exact) mass is 363 g/mol. The fourth-order valence-corrected chi connectivity index (χ4v) is 4.29. The summed E-state index contributed by atoms with van der Waals surface area (Å²) in [5.41, 5.74) is 1.35. The Bertz CT molecular complexity index is 793. The maximum Gasteiger partial charge on any atom is 0.126 e. The second-order valence-corrected chi connectivity index (χ2v) is 7.02. The first-order valence-electron chi connectivity index (χ1n) is 8.65. The van der Waals surface area contributed by atoms with Gasteiger partial charge in [-0.3, -0.25) is 4.90 Å². The summed E-state index contributed by atoms with van der Waals surface area (Å²) in [4.78, 5) is 2.14. The third-order valence-electron chi connectivity index (χ3n) is 5.28. The minimum atomic E-state index is -0.595. The number of likely N-dealkylation sites (tertiary alicyclic amines) is 1. The molecule has 2 aliphatic heterocycles. The Kier molecular flexibility index (Phi) is 4.63. The van der Waals surface area contributed by atoms with E-state index in [4.69, 9.17) is 9.47 Å². The lowest BCUT2D eigenvalue weighted by molar-refractivity contribution is 0.0980. The van der Waals surface area contributed by atoms with Gasteiger partial charge in [0, 0.05) is 49.7 Å². The summed E-state index contributed by atoms with van der Waals surface area (Å²) in [7, 11) is 1.65. The molecule has 2 aromatic rings. The molecular formula is C20H20F3NO2. The first kappa shape index (κ1) is 17.4. The van der Waals surface area contributed by atoms with Crippen molar-refractivity contribution in [1.29, 1.82) is 0 Å². The van der Waals surface area contributed by atoms with Crippen LogP contribution in [0, 0.1) is 29.3 Å². The summed E-state index contributed by atoms with van der Waals surface area (Å²) >= 11 is 0. The van der Waals surface area contributed by atoms with E-state index in [9.17, 15) is 13.2 Å². The number of nitrogens with zero attached hydrogens (tertiary/aromatic N) is 1. The molecule has 4 rings (SSSR count). The standard InChI is InChI=1S/C20H20F3NO2/c1-25-10-13-9-24(8-12-4-15(22)6-16(23)5-12)20-17-7-14(21)2-3-19(17)26-11-18(13)20/h2-7,13,18,20H,8-11H2,1H3/t13-,18-,20-/m0/s1. The molecule has 1 saturated heterocycles. The number of fused-ring (bicyclic) bond motifs is 3. The van der Waals surface area contributed by atoms with Crippen LogP contribution in [0.2, 0.25) is 0 Å². The normalized spacial score (nSPS) is 24.8. The van der Waals surface area contributed by atoms with E-state index in [-0.39, 0.29) is 23.7 Å². The summed E-state index contributed by atoms with van der Waals surface area (Å²) in [5, 5.41) is 0. The Morgan fingerprint density at radius 3 is 2.58 bits per heavy atom. The summed E-state index contributed by atoms with van der Waals surface area (Å²) in [5.74, 6) is -0.492. The molecule has 0 radical (unpaired) electrons. The highest BCUT2D eigenvalue weighted by Crippen LogP contribution is 2.48. The lowest BCUT2D eigenvalue weighted by Gasteiger charge is -2.34. The molecule has 0 N–H and O–H groups in total. The van der Waals surface area contributed by atoms with E-state index in [0.717, 1.165) is 11.6 Å². The minimum Gasteiger partial charge on any atom is -0.493 e. The van der Waals surface area contributed by atoms with Crippen molar-refractivity contribution in [2.24, 2.45) is 11.8 Å². The molecule has 0 bridgehead atoms. The molecule has 0 saturated carbocycles. The molecule has 3 atom stereocenters. The number of halogens is 3. The van der Waals surface area contributed by atoms with Gasteiger partial charge in [0.25, 0.3) is 0 Å². The average molecular weight is 363 g/mol. The smallest absolute Gasteiger partial charge is 0.126 e. The first-order chi connectivity index (χ1) is 12.5. The quantitative estimate of drug-likeness (QED) is 0.822. The Hall–Kier alpha value is -2.05. The molecule has 26 heavy (non-hydrogen) atoms. The molecule has 0 amide bonds. The lowest BCUT2D eigenvalue weighted by Crippen LogP contribution is -2.32. The zero-order chi connectivity index (χ0) is 18.3. The average Bonchev–Trinajstić information content (AvgIpc) is 2.92. The predicted octanol–water partition coefficient (Wildman–Crippen LogP) is 3.93. The Morgan fingerprint density at radius 2 is 1.85 bits per heavy atom. The van der Waals surface area contributed by atoms with Crippen molar-refractivity contribution in [1.82, 2.24) is 4.90 Å². The molecule has 2 aromatic carbocycles. The molecule has 0 aromatic heterocycles. The first-order valence-corrected chi connectivity index (χ1v) is 8.65. The van der Waals surface area contributed by atoms with Crippen LogP contribution in [0.15, 0.2) is 36.4 Å². The van der Waals surface area contributed by atoms with Crippen LogP contribution in [0.4, 0.5) is 13.2 Å². The van der Waals surface area contributed by atoms with Gasteiger partial charge in [0.05, 0.1) is 13.2 Å². The van der Waals surface area contributed by atoms with Crippen LogP contribution in [-0.4, -0.2) is 31.8 Å². The van der Waals surface area contributed by atoms with Crippen molar-refractivity contribution < 1.29 is 22.6 Å². The molecule has 0 aliphatic carbocycles. The van der Waals surface area contributed by atoms with E-state index in [0.29, 0.717) is 37.6 Å². The topological polar surface area (TPSA) is 21.7 Å². The Morgan fingerprint density at radius 1 is 1.08 bits per heavy atom. The molecular weight excluding hydrogens is 343 g/mol. The summed E-state index contributed by atoms with van der Waals surface area (Å²) in [6, 6.07) is 8.00. The third-order valence-corrected chi connectivity index (χ3v) is 5.28. The van der Waals surface area contributed by atoms with Gasteiger partial charge in [-0.1, -0.05) is 0 Å². The molecule has 0 unspecified atom stereocenters. The summed E-state index contributed by atoms with van der Waals surface area (Å²) in [6.07, 6.45) is 0. The minimum absolute atomic E-state index is 0.0686. The van der Waals surface area contributed by atoms with E-state index in [1.807, 2.05) is 0 Å². The summed E-state index contributed by atoms with van der Waals surface area (Å²) in [6.45, 7) is 2.15. The Balaban J connectivity index is 1.69. The van der Waals surface area contributed by atoms with Gasteiger partial charge >= 0.3 is 0 Å². The van der Waals surface area contributed by atoms with Crippen molar-refractivity contribution in [3.63, 3.8) is 0 Å².